The first-order valence-corrected chi connectivity index (χ1v) is 9.57. The number of aryl methyl sites for hydroxylation is 3. The molecule has 27 heavy (non-hydrogen) atoms. The van der Waals surface area contributed by atoms with Crippen LogP contribution in [0.1, 0.15) is 37.4 Å². The maximum absolute atomic E-state index is 12.5. The van der Waals surface area contributed by atoms with E-state index in [1.165, 1.54) is 11.3 Å². The monoisotopic (exact) mass is 389 g/mol. The topological polar surface area (TPSA) is 120 Å². The Hall–Kier alpha value is -2.88. The number of imidazole rings is 1. The van der Waals surface area contributed by atoms with Crippen molar-refractivity contribution in [2.45, 2.75) is 46.8 Å². The van der Waals surface area contributed by atoms with E-state index >= 15 is 0 Å². The summed E-state index contributed by atoms with van der Waals surface area (Å²) in [4.78, 5) is 24.9. The molecule has 4 N–H and O–H groups in total. The molecule has 0 aliphatic rings. The Balaban J connectivity index is 1.87. The van der Waals surface area contributed by atoms with Crippen LogP contribution in [0.5, 0.6) is 0 Å². The maximum atomic E-state index is 12.5. The van der Waals surface area contributed by atoms with Crippen molar-refractivity contribution in [3.63, 3.8) is 0 Å². The lowest BCUT2D eigenvalue weighted by Gasteiger charge is -2.14. The van der Waals surface area contributed by atoms with Gasteiger partial charge in [0.05, 0.1) is 17.1 Å². The van der Waals surface area contributed by atoms with Crippen LogP contribution in [-0.4, -0.2) is 25.4 Å². The molecule has 0 aliphatic heterocycles. The van der Waals surface area contributed by atoms with E-state index < -0.39 is 0 Å². The van der Waals surface area contributed by atoms with Crippen LogP contribution in [0.3, 0.4) is 0 Å². The number of fused-ring (bicyclic) bond motifs is 1. The van der Waals surface area contributed by atoms with Gasteiger partial charge in [0.2, 0.25) is 5.13 Å². The fourth-order valence-corrected chi connectivity index (χ4v) is 3.66. The third-order valence-corrected chi connectivity index (χ3v) is 5.36. The van der Waals surface area contributed by atoms with Crippen LogP contribution in [-0.2, 0) is 13.1 Å². The lowest BCUT2D eigenvalue weighted by atomic mass is 10.1. The van der Waals surface area contributed by atoms with Gasteiger partial charge in [0, 0.05) is 18.8 Å². The average molecular weight is 389 g/mol. The van der Waals surface area contributed by atoms with Crippen LogP contribution in [0, 0.1) is 6.92 Å². The third kappa shape index (κ3) is 3.52. The molecule has 1 aromatic carbocycles. The number of nitrogen functional groups attached to an aromatic ring is 1. The van der Waals surface area contributed by atoms with Crippen molar-refractivity contribution in [1.29, 1.82) is 0 Å². The molecule has 0 spiro atoms. The first-order chi connectivity index (χ1) is 12.8. The molecule has 0 saturated carbocycles. The van der Waals surface area contributed by atoms with Gasteiger partial charge in [-0.05, 0) is 45.4 Å². The minimum Gasteiger partial charge on any atom is -0.374 e. The SMILES string of the molecule is CCn1c(=O)n(CC)c2cc(NC(=O)N[C@H](C)c3nnc(N)s3)c(C)cc21. The maximum Gasteiger partial charge on any atom is 0.329 e. The van der Waals surface area contributed by atoms with Gasteiger partial charge >= 0.3 is 11.7 Å². The van der Waals surface area contributed by atoms with E-state index in [4.69, 9.17) is 5.73 Å². The van der Waals surface area contributed by atoms with Crippen molar-refractivity contribution in [3.8, 4) is 0 Å². The second-order valence-corrected chi connectivity index (χ2v) is 7.27. The van der Waals surface area contributed by atoms with Gasteiger partial charge in [0.15, 0.2) is 0 Å². The zero-order valence-corrected chi connectivity index (χ0v) is 16.6. The first kappa shape index (κ1) is 18.9. The first-order valence-electron chi connectivity index (χ1n) is 8.75. The normalized spacial score (nSPS) is 12.3. The predicted octanol–water partition coefficient (Wildman–Crippen LogP) is 2.47. The Kier molecular flexibility index (Phi) is 5.17. The second kappa shape index (κ2) is 7.39. The van der Waals surface area contributed by atoms with Crippen molar-refractivity contribution < 1.29 is 4.79 Å². The summed E-state index contributed by atoms with van der Waals surface area (Å²) < 4.78 is 3.44. The van der Waals surface area contributed by atoms with Crippen molar-refractivity contribution in [2.75, 3.05) is 11.1 Å². The van der Waals surface area contributed by atoms with E-state index in [-0.39, 0.29) is 17.8 Å². The highest BCUT2D eigenvalue weighted by molar-refractivity contribution is 7.15. The number of hydrogen-bond donors (Lipinski definition) is 3. The van der Waals surface area contributed by atoms with E-state index in [1.807, 2.05) is 39.8 Å². The summed E-state index contributed by atoms with van der Waals surface area (Å²) in [5.74, 6) is 0. The molecular formula is C17H23N7O2S. The minimum absolute atomic E-state index is 0.0431. The molecule has 2 amide bonds. The highest BCUT2D eigenvalue weighted by Crippen LogP contribution is 2.24. The molecule has 0 fully saturated rings. The van der Waals surface area contributed by atoms with E-state index in [1.54, 1.807) is 9.13 Å². The third-order valence-electron chi connectivity index (χ3n) is 4.42. The van der Waals surface area contributed by atoms with Gasteiger partial charge in [-0.25, -0.2) is 9.59 Å². The van der Waals surface area contributed by atoms with Crippen LogP contribution in [0.2, 0.25) is 0 Å². The zero-order chi connectivity index (χ0) is 19.7. The number of nitrogens with zero attached hydrogens (tertiary/aromatic N) is 4. The Morgan fingerprint density at radius 1 is 1.22 bits per heavy atom. The van der Waals surface area contributed by atoms with Crippen LogP contribution in [0.4, 0.5) is 15.6 Å². The number of benzene rings is 1. The van der Waals surface area contributed by atoms with Gasteiger partial charge in [-0.1, -0.05) is 11.3 Å². The quantitative estimate of drug-likeness (QED) is 0.619. The molecule has 1 atom stereocenters. The predicted molar refractivity (Wildman–Crippen MR) is 107 cm³/mol. The standard InChI is InChI=1S/C17H23N7O2S/c1-5-23-12-7-9(3)11(8-13(12)24(6-2)17(23)26)20-16(25)19-10(4)14-21-22-15(18)27-14/h7-8,10H,5-6H2,1-4H3,(H2,18,22)(H2,19,20,25)/t10-/m1/s1. The molecule has 0 bridgehead atoms. The molecule has 0 unspecified atom stereocenters. The summed E-state index contributed by atoms with van der Waals surface area (Å²) in [6.45, 7) is 8.74. The van der Waals surface area contributed by atoms with Crippen LogP contribution in [0.25, 0.3) is 11.0 Å². The number of hydrogen-bond acceptors (Lipinski definition) is 6. The summed E-state index contributed by atoms with van der Waals surface area (Å²) in [6.07, 6.45) is 0. The van der Waals surface area contributed by atoms with Crippen molar-refractivity contribution in [2.24, 2.45) is 0 Å². The fraction of sp³-hybridized carbons (Fsp3) is 0.412. The van der Waals surface area contributed by atoms with Gasteiger partial charge < -0.3 is 16.4 Å². The molecular weight excluding hydrogens is 366 g/mol. The van der Waals surface area contributed by atoms with E-state index in [2.05, 4.69) is 20.8 Å². The highest BCUT2D eigenvalue weighted by Gasteiger charge is 2.17. The summed E-state index contributed by atoms with van der Waals surface area (Å²) in [7, 11) is 0. The van der Waals surface area contributed by atoms with Crippen molar-refractivity contribution >= 4 is 39.2 Å². The Bertz CT molecular complexity index is 1050. The lowest BCUT2D eigenvalue weighted by Crippen LogP contribution is -2.31. The van der Waals surface area contributed by atoms with Crippen molar-refractivity contribution in [1.82, 2.24) is 24.6 Å². The molecule has 0 radical (unpaired) electrons. The number of amides is 2. The Morgan fingerprint density at radius 3 is 2.41 bits per heavy atom. The van der Waals surface area contributed by atoms with E-state index in [0.717, 1.165) is 16.6 Å². The number of nitrogens with one attached hydrogen (secondary N) is 2. The number of nitrogens with two attached hydrogens (primary N) is 1. The fourth-order valence-electron chi connectivity index (χ4n) is 3.05. The zero-order valence-electron chi connectivity index (χ0n) is 15.7. The van der Waals surface area contributed by atoms with Crippen LogP contribution < -0.4 is 22.1 Å². The summed E-state index contributed by atoms with van der Waals surface area (Å²) >= 11 is 1.23. The molecule has 144 valence electrons. The number of carbonyl (C=O) groups is 1. The molecule has 2 heterocycles. The average Bonchev–Trinajstić information content (AvgIpc) is 3.15. The molecule has 0 aliphatic carbocycles. The number of anilines is 2. The molecule has 10 heteroatoms. The lowest BCUT2D eigenvalue weighted by molar-refractivity contribution is 0.249. The number of urea groups is 1. The molecule has 0 saturated heterocycles. The molecule has 9 nitrogen and oxygen atoms in total. The molecule has 3 rings (SSSR count). The smallest absolute Gasteiger partial charge is 0.329 e. The number of carbonyl (C=O) groups excluding carboxylic acids is 1. The van der Waals surface area contributed by atoms with Gasteiger partial charge in [-0.15, -0.1) is 10.2 Å². The largest absolute Gasteiger partial charge is 0.374 e. The van der Waals surface area contributed by atoms with Gasteiger partial charge in [0.1, 0.15) is 5.01 Å². The molecule has 2 aromatic heterocycles. The van der Waals surface area contributed by atoms with Crippen LogP contribution in [0.15, 0.2) is 16.9 Å². The van der Waals surface area contributed by atoms with Gasteiger partial charge in [-0.2, -0.15) is 0 Å². The number of rotatable bonds is 5. The van der Waals surface area contributed by atoms with E-state index in [0.29, 0.717) is 28.9 Å². The molecule has 3 aromatic rings. The highest BCUT2D eigenvalue weighted by atomic mass is 32.1. The summed E-state index contributed by atoms with van der Waals surface area (Å²) in [6, 6.07) is 3.09. The van der Waals surface area contributed by atoms with Gasteiger partial charge in [-0.3, -0.25) is 9.13 Å². The van der Waals surface area contributed by atoms with Crippen molar-refractivity contribution in [3.05, 3.63) is 33.2 Å². The summed E-state index contributed by atoms with van der Waals surface area (Å²) in [5, 5.41) is 14.4. The number of aromatic nitrogens is 4. The Morgan fingerprint density at radius 2 is 1.85 bits per heavy atom. The Labute approximate surface area is 160 Å². The van der Waals surface area contributed by atoms with Gasteiger partial charge in [0.25, 0.3) is 0 Å². The van der Waals surface area contributed by atoms with E-state index in [9.17, 15) is 9.59 Å². The van der Waals surface area contributed by atoms with Crippen LogP contribution >= 0.6 is 11.3 Å². The summed E-state index contributed by atoms with van der Waals surface area (Å²) in [5.41, 5.74) is 8.74. The second-order valence-electron chi connectivity index (χ2n) is 6.23. The minimum atomic E-state index is -0.362.